The second-order valence-corrected chi connectivity index (χ2v) is 7.15. The van der Waals surface area contributed by atoms with E-state index in [9.17, 15) is 4.79 Å². The minimum Gasteiger partial charge on any atom is -0.348 e. The van der Waals surface area contributed by atoms with Crippen molar-refractivity contribution in [2.24, 2.45) is 13.0 Å². The molecule has 5 heteroatoms. The molecule has 1 amide bonds. The maximum Gasteiger partial charge on any atom is 0.234 e. The van der Waals surface area contributed by atoms with Gasteiger partial charge in [-0.05, 0) is 37.4 Å². The summed E-state index contributed by atoms with van der Waals surface area (Å²) in [5.74, 6) is 1.85. The Bertz CT molecular complexity index is 674. The normalized spacial score (nSPS) is 17.4. The van der Waals surface area contributed by atoms with Crippen molar-refractivity contribution in [1.29, 1.82) is 0 Å². The quantitative estimate of drug-likeness (QED) is 0.879. The predicted molar refractivity (Wildman–Crippen MR) is 99.1 cm³/mol. The van der Waals surface area contributed by atoms with Gasteiger partial charge in [-0.15, -0.1) is 0 Å². The van der Waals surface area contributed by atoms with Crippen molar-refractivity contribution in [2.75, 3.05) is 19.6 Å². The van der Waals surface area contributed by atoms with Gasteiger partial charge in [0.1, 0.15) is 5.82 Å². The largest absolute Gasteiger partial charge is 0.348 e. The van der Waals surface area contributed by atoms with Crippen LogP contribution in [0.2, 0.25) is 0 Å². The van der Waals surface area contributed by atoms with Crippen LogP contribution in [0.15, 0.2) is 42.7 Å². The van der Waals surface area contributed by atoms with E-state index in [4.69, 9.17) is 0 Å². The number of imidazole rings is 1. The average molecular weight is 340 g/mol. The van der Waals surface area contributed by atoms with Gasteiger partial charge >= 0.3 is 0 Å². The molecule has 1 N–H and O–H groups in total. The van der Waals surface area contributed by atoms with E-state index >= 15 is 0 Å². The summed E-state index contributed by atoms with van der Waals surface area (Å²) in [5, 5.41) is 3.22. The number of carbonyl (C=O) groups excluding carboxylic acids is 1. The number of nitrogens with one attached hydrogen (secondary N) is 1. The van der Waals surface area contributed by atoms with Crippen molar-refractivity contribution in [2.45, 2.75) is 32.2 Å². The Balaban J connectivity index is 1.65. The number of benzene rings is 1. The molecule has 1 aliphatic heterocycles. The lowest BCUT2D eigenvalue weighted by molar-refractivity contribution is -0.123. The number of aromatic nitrogens is 2. The number of hydrogen-bond acceptors (Lipinski definition) is 3. The maximum atomic E-state index is 12.6. The molecule has 0 unspecified atom stereocenters. The van der Waals surface area contributed by atoms with Crippen LogP contribution < -0.4 is 5.32 Å². The lowest BCUT2D eigenvalue weighted by Gasteiger charge is -2.30. The van der Waals surface area contributed by atoms with Crippen LogP contribution in [0.25, 0.3) is 0 Å². The van der Waals surface area contributed by atoms with Crippen molar-refractivity contribution in [1.82, 2.24) is 19.8 Å². The lowest BCUT2D eigenvalue weighted by Crippen LogP contribution is -2.42. The zero-order valence-electron chi connectivity index (χ0n) is 15.2. The van der Waals surface area contributed by atoms with E-state index in [0.29, 0.717) is 13.0 Å². The Hall–Kier alpha value is -2.14. The fourth-order valence-corrected chi connectivity index (χ4v) is 3.38. The molecule has 3 rings (SSSR count). The first-order valence-corrected chi connectivity index (χ1v) is 9.14. The van der Waals surface area contributed by atoms with Crippen LogP contribution >= 0.6 is 0 Å². The highest BCUT2D eigenvalue weighted by Gasteiger charge is 2.21. The van der Waals surface area contributed by atoms with Gasteiger partial charge in [0.05, 0.1) is 12.6 Å². The molecule has 1 aliphatic rings. The molecule has 0 spiro atoms. The molecule has 1 fully saturated rings. The summed E-state index contributed by atoms with van der Waals surface area (Å²) in [7, 11) is 1.99. The maximum absolute atomic E-state index is 12.6. The van der Waals surface area contributed by atoms with E-state index in [1.165, 1.54) is 12.8 Å². The third kappa shape index (κ3) is 4.92. The smallest absolute Gasteiger partial charge is 0.234 e. The van der Waals surface area contributed by atoms with Crippen LogP contribution in [0.5, 0.6) is 0 Å². The first-order chi connectivity index (χ1) is 12.1. The Morgan fingerprint density at radius 1 is 1.28 bits per heavy atom. The number of aryl methyl sites for hydroxylation is 1. The van der Waals surface area contributed by atoms with E-state index < -0.39 is 0 Å². The van der Waals surface area contributed by atoms with Crippen molar-refractivity contribution >= 4 is 5.91 Å². The number of likely N-dealkylation sites (tertiary alicyclic amines) is 1. The second kappa shape index (κ2) is 8.30. The lowest BCUT2D eigenvalue weighted by atomic mass is 9.99. The fraction of sp³-hybridized carbons (Fsp3) is 0.500. The molecular weight excluding hydrogens is 312 g/mol. The standard InChI is InChI=1S/C20H28N4O/c1-16-8-11-24(12-9-16)15-20(25)22-18(17-6-4-3-5-7-17)14-19-21-10-13-23(19)2/h3-7,10,13,16,18H,8-9,11-12,14-15H2,1-2H3,(H,22,25)/t18-/m1/s1. The van der Waals surface area contributed by atoms with Gasteiger partial charge in [0.25, 0.3) is 0 Å². The molecule has 134 valence electrons. The third-order valence-electron chi connectivity index (χ3n) is 5.09. The summed E-state index contributed by atoms with van der Waals surface area (Å²) in [6.45, 7) is 4.81. The molecule has 1 aromatic heterocycles. The topological polar surface area (TPSA) is 50.2 Å². The summed E-state index contributed by atoms with van der Waals surface area (Å²) < 4.78 is 2.01. The summed E-state index contributed by atoms with van der Waals surface area (Å²) in [6, 6.07) is 10.1. The first-order valence-electron chi connectivity index (χ1n) is 9.14. The van der Waals surface area contributed by atoms with Gasteiger partial charge in [0.15, 0.2) is 0 Å². The molecule has 0 radical (unpaired) electrons. The van der Waals surface area contributed by atoms with Crippen LogP contribution in [0.3, 0.4) is 0 Å². The molecule has 2 aromatic rings. The number of amides is 1. The van der Waals surface area contributed by atoms with Gasteiger partial charge < -0.3 is 9.88 Å². The number of piperidine rings is 1. The number of rotatable bonds is 6. The van der Waals surface area contributed by atoms with Gasteiger partial charge in [-0.3, -0.25) is 9.69 Å². The van der Waals surface area contributed by atoms with Gasteiger partial charge in [-0.25, -0.2) is 4.98 Å². The summed E-state index contributed by atoms with van der Waals surface area (Å²) in [6.07, 6.45) is 6.80. The SMILES string of the molecule is CC1CCN(CC(=O)N[C@H](Cc2nccn2C)c2ccccc2)CC1. The van der Waals surface area contributed by atoms with Crippen LogP contribution in [-0.2, 0) is 18.3 Å². The molecule has 0 saturated carbocycles. The molecule has 2 heterocycles. The van der Waals surface area contributed by atoms with Gasteiger partial charge in [0.2, 0.25) is 5.91 Å². The molecule has 25 heavy (non-hydrogen) atoms. The Morgan fingerprint density at radius 2 is 2.00 bits per heavy atom. The minimum atomic E-state index is -0.0569. The number of hydrogen-bond donors (Lipinski definition) is 1. The Morgan fingerprint density at radius 3 is 2.64 bits per heavy atom. The van der Waals surface area contributed by atoms with Crippen molar-refractivity contribution in [3.63, 3.8) is 0 Å². The van der Waals surface area contributed by atoms with Crippen molar-refractivity contribution in [3.05, 3.63) is 54.1 Å². The van der Waals surface area contributed by atoms with Gasteiger partial charge in [-0.1, -0.05) is 37.3 Å². The first kappa shape index (κ1) is 17.7. The Labute approximate surface area is 150 Å². The molecule has 1 saturated heterocycles. The summed E-state index contributed by atoms with van der Waals surface area (Å²) in [5.41, 5.74) is 1.12. The molecule has 5 nitrogen and oxygen atoms in total. The Kier molecular flexibility index (Phi) is 5.87. The summed E-state index contributed by atoms with van der Waals surface area (Å²) in [4.78, 5) is 19.3. The van der Waals surface area contributed by atoms with Crippen molar-refractivity contribution in [3.8, 4) is 0 Å². The van der Waals surface area contributed by atoms with E-state index in [1.54, 1.807) is 6.20 Å². The van der Waals surface area contributed by atoms with Crippen LogP contribution in [-0.4, -0.2) is 40.0 Å². The highest BCUT2D eigenvalue weighted by molar-refractivity contribution is 5.78. The molecular formula is C20H28N4O. The number of carbonyl (C=O) groups is 1. The molecule has 1 aromatic carbocycles. The monoisotopic (exact) mass is 340 g/mol. The van der Waals surface area contributed by atoms with E-state index in [0.717, 1.165) is 30.4 Å². The zero-order valence-corrected chi connectivity index (χ0v) is 15.2. The highest BCUT2D eigenvalue weighted by atomic mass is 16.2. The van der Waals surface area contributed by atoms with Crippen LogP contribution in [0.1, 0.15) is 37.2 Å². The minimum absolute atomic E-state index is 0.0569. The second-order valence-electron chi connectivity index (χ2n) is 7.15. The van der Waals surface area contributed by atoms with Gasteiger partial charge in [-0.2, -0.15) is 0 Å². The third-order valence-corrected chi connectivity index (χ3v) is 5.09. The highest BCUT2D eigenvalue weighted by Crippen LogP contribution is 2.18. The predicted octanol–water partition coefficient (Wildman–Crippen LogP) is 2.55. The van der Waals surface area contributed by atoms with Crippen molar-refractivity contribution < 1.29 is 4.79 Å². The fourth-order valence-electron chi connectivity index (χ4n) is 3.38. The van der Waals surface area contributed by atoms with Crippen LogP contribution in [0.4, 0.5) is 0 Å². The zero-order chi connectivity index (χ0) is 17.6. The van der Waals surface area contributed by atoms with E-state index in [2.05, 4.69) is 34.3 Å². The molecule has 0 aliphatic carbocycles. The average Bonchev–Trinajstić information content (AvgIpc) is 3.02. The van der Waals surface area contributed by atoms with Gasteiger partial charge in [0, 0.05) is 25.9 Å². The summed E-state index contributed by atoms with van der Waals surface area (Å²) >= 11 is 0. The molecule has 1 atom stereocenters. The molecule has 0 bridgehead atoms. The van der Waals surface area contributed by atoms with E-state index in [1.807, 2.05) is 36.0 Å². The van der Waals surface area contributed by atoms with Crippen LogP contribution in [0, 0.1) is 5.92 Å². The number of nitrogens with zero attached hydrogens (tertiary/aromatic N) is 3. The van der Waals surface area contributed by atoms with E-state index in [-0.39, 0.29) is 11.9 Å².